The first-order valence-corrected chi connectivity index (χ1v) is 6.77. The Morgan fingerprint density at radius 2 is 2.00 bits per heavy atom. The van der Waals surface area contributed by atoms with Gasteiger partial charge in [-0.15, -0.1) is 0 Å². The van der Waals surface area contributed by atoms with Crippen molar-refractivity contribution in [1.29, 1.82) is 0 Å². The summed E-state index contributed by atoms with van der Waals surface area (Å²) in [7, 11) is 0. The predicted molar refractivity (Wildman–Crippen MR) is 81.9 cm³/mol. The van der Waals surface area contributed by atoms with Crippen molar-refractivity contribution in [2.45, 2.75) is 6.92 Å². The summed E-state index contributed by atoms with van der Waals surface area (Å²) in [5, 5.41) is 5.66. The number of halogens is 1. The van der Waals surface area contributed by atoms with Gasteiger partial charge in [0.1, 0.15) is 5.02 Å². The topological polar surface area (TPSA) is 86.9 Å². The van der Waals surface area contributed by atoms with Crippen LogP contribution in [0.3, 0.4) is 0 Å². The Balaban J connectivity index is 1.82. The molecular formula is C14H15ClN4O2. The Morgan fingerprint density at radius 1 is 1.29 bits per heavy atom. The van der Waals surface area contributed by atoms with Crippen LogP contribution in [0.15, 0.2) is 35.4 Å². The maximum atomic E-state index is 11.9. The van der Waals surface area contributed by atoms with E-state index in [9.17, 15) is 9.59 Å². The first-order chi connectivity index (χ1) is 10.1. The fraction of sp³-hybridized carbons (Fsp3) is 0.214. The molecule has 2 rings (SSSR count). The number of aromatic amines is 1. The molecule has 0 saturated heterocycles. The first kappa shape index (κ1) is 15.1. The smallest absolute Gasteiger partial charge is 0.271 e. The fourth-order valence-corrected chi connectivity index (χ4v) is 1.84. The molecule has 0 aliphatic rings. The molecule has 0 atom stereocenters. The highest BCUT2D eigenvalue weighted by Gasteiger charge is 2.06. The number of aryl methyl sites for hydroxylation is 1. The molecule has 0 bridgehead atoms. The molecule has 1 heterocycles. The number of amides is 1. The van der Waals surface area contributed by atoms with E-state index in [4.69, 9.17) is 11.6 Å². The molecule has 0 spiro atoms. The van der Waals surface area contributed by atoms with Gasteiger partial charge in [-0.3, -0.25) is 9.59 Å². The normalized spacial score (nSPS) is 10.2. The summed E-state index contributed by atoms with van der Waals surface area (Å²) in [4.78, 5) is 29.4. The number of benzene rings is 1. The molecule has 6 nitrogen and oxygen atoms in total. The van der Waals surface area contributed by atoms with Gasteiger partial charge >= 0.3 is 0 Å². The van der Waals surface area contributed by atoms with E-state index in [-0.39, 0.29) is 10.9 Å². The molecule has 0 fully saturated rings. The van der Waals surface area contributed by atoms with Gasteiger partial charge in [-0.05, 0) is 19.1 Å². The summed E-state index contributed by atoms with van der Waals surface area (Å²) >= 11 is 5.79. The quantitative estimate of drug-likeness (QED) is 0.732. The van der Waals surface area contributed by atoms with E-state index >= 15 is 0 Å². The molecule has 0 unspecified atom stereocenters. The van der Waals surface area contributed by atoms with Gasteiger partial charge < -0.3 is 15.6 Å². The fourth-order valence-electron chi connectivity index (χ4n) is 1.67. The van der Waals surface area contributed by atoms with Gasteiger partial charge in [0.2, 0.25) is 0 Å². The lowest BCUT2D eigenvalue weighted by Crippen LogP contribution is -2.29. The van der Waals surface area contributed by atoms with E-state index in [1.54, 1.807) is 12.1 Å². The van der Waals surface area contributed by atoms with E-state index in [2.05, 4.69) is 20.6 Å². The zero-order valence-corrected chi connectivity index (χ0v) is 12.2. The molecule has 0 radical (unpaired) electrons. The second-order valence-corrected chi connectivity index (χ2v) is 4.82. The SMILES string of the molecule is Cc1ccc(C(=O)NCCNc2nc[nH]c(=O)c2Cl)cc1. The molecule has 110 valence electrons. The average Bonchev–Trinajstić information content (AvgIpc) is 2.48. The highest BCUT2D eigenvalue weighted by molar-refractivity contribution is 6.32. The molecule has 2 aromatic rings. The molecule has 1 aromatic carbocycles. The number of hydrogen-bond donors (Lipinski definition) is 3. The van der Waals surface area contributed by atoms with Crippen molar-refractivity contribution in [2.24, 2.45) is 0 Å². The number of anilines is 1. The van der Waals surface area contributed by atoms with Crippen molar-refractivity contribution in [3.05, 3.63) is 57.1 Å². The molecular weight excluding hydrogens is 292 g/mol. The van der Waals surface area contributed by atoms with Gasteiger partial charge in [0, 0.05) is 18.7 Å². The summed E-state index contributed by atoms with van der Waals surface area (Å²) in [6, 6.07) is 7.31. The van der Waals surface area contributed by atoms with Crippen molar-refractivity contribution in [3.63, 3.8) is 0 Å². The number of H-pyrrole nitrogens is 1. The number of hydrogen-bond acceptors (Lipinski definition) is 4. The van der Waals surface area contributed by atoms with Gasteiger partial charge in [-0.25, -0.2) is 4.98 Å². The Hall–Kier alpha value is -2.34. The van der Waals surface area contributed by atoms with E-state index in [0.717, 1.165) is 5.56 Å². The van der Waals surface area contributed by atoms with Crippen LogP contribution >= 0.6 is 11.6 Å². The Kier molecular flexibility index (Phi) is 4.94. The van der Waals surface area contributed by atoms with Gasteiger partial charge in [0.05, 0.1) is 6.33 Å². The van der Waals surface area contributed by atoms with Crippen molar-refractivity contribution in [2.75, 3.05) is 18.4 Å². The van der Waals surface area contributed by atoms with Gasteiger partial charge in [0.15, 0.2) is 5.82 Å². The Morgan fingerprint density at radius 3 is 2.71 bits per heavy atom. The van der Waals surface area contributed by atoms with Crippen LogP contribution in [-0.2, 0) is 0 Å². The minimum absolute atomic E-state index is 0.00219. The second kappa shape index (κ2) is 6.90. The number of nitrogens with one attached hydrogen (secondary N) is 3. The number of rotatable bonds is 5. The highest BCUT2D eigenvalue weighted by atomic mass is 35.5. The zero-order valence-electron chi connectivity index (χ0n) is 11.4. The highest BCUT2D eigenvalue weighted by Crippen LogP contribution is 2.11. The maximum Gasteiger partial charge on any atom is 0.271 e. The summed E-state index contributed by atoms with van der Waals surface area (Å²) in [5.74, 6) is 0.145. The number of carbonyl (C=O) groups is 1. The van der Waals surface area contributed by atoms with Crippen LogP contribution < -0.4 is 16.2 Å². The van der Waals surface area contributed by atoms with E-state index < -0.39 is 5.56 Å². The predicted octanol–water partition coefficient (Wildman–Crippen LogP) is 1.57. The van der Waals surface area contributed by atoms with Crippen LogP contribution in [0.1, 0.15) is 15.9 Å². The lowest BCUT2D eigenvalue weighted by atomic mass is 10.1. The largest absolute Gasteiger partial charge is 0.367 e. The monoisotopic (exact) mass is 306 g/mol. The van der Waals surface area contributed by atoms with E-state index in [1.165, 1.54) is 6.33 Å². The first-order valence-electron chi connectivity index (χ1n) is 6.40. The van der Waals surface area contributed by atoms with Crippen LogP contribution in [0, 0.1) is 6.92 Å². The third-order valence-corrected chi connectivity index (χ3v) is 3.16. The molecule has 0 saturated carbocycles. The molecule has 0 aliphatic carbocycles. The zero-order chi connectivity index (χ0) is 15.2. The molecule has 1 amide bonds. The van der Waals surface area contributed by atoms with Gasteiger partial charge in [0.25, 0.3) is 11.5 Å². The van der Waals surface area contributed by atoms with Crippen molar-refractivity contribution in [1.82, 2.24) is 15.3 Å². The minimum atomic E-state index is -0.405. The van der Waals surface area contributed by atoms with Gasteiger partial charge in [-0.1, -0.05) is 29.3 Å². The van der Waals surface area contributed by atoms with Crippen molar-refractivity contribution >= 4 is 23.3 Å². The summed E-state index contributed by atoms with van der Waals surface area (Å²) < 4.78 is 0. The molecule has 3 N–H and O–H groups in total. The van der Waals surface area contributed by atoms with E-state index in [1.807, 2.05) is 19.1 Å². The number of aromatic nitrogens is 2. The van der Waals surface area contributed by atoms with Gasteiger partial charge in [-0.2, -0.15) is 0 Å². The minimum Gasteiger partial charge on any atom is -0.367 e. The molecule has 21 heavy (non-hydrogen) atoms. The van der Waals surface area contributed by atoms with Crippen molar-refractivity contribution < 1.29 is 4.79 Å². The lowest BCUT2D eigenvalue weighted by molar-refractivity contribution is 0.0955. The van der Waals surface area contributed by atoms with Crippen LogP contribution in [0.2, 0.25) is 5.02 Å². The van der Waals surface area contributed by atoms with E-state index in [0.29, 0.717) is 24.5 Å². The Bertz CT molecular complexity index is 682. The maximum absolute atomic E-state index is 11.9. The standard InChI is InChI=1S/C14H15ClN4O2/c1-9-2-4-10(5-3-9)13(20)17-7-6-16-12-11(15)14(21)19-8-18-12/h2-5,8H,6-7H2,1H3,(H,17,20)(H2,16,18,19,21). The lowest BCUT2D eigenvalue weighted by Gasteiger charge is -2.08. The summed E-state index contributed by atoms with van der Waals surface area (Å²) in [6.07, 6.45) is 1.27. The third kappa shape index (κ3) is 4.06. The number of carbonyl (C=O) groups excluding carboxylic acids is 1. The second-order valence-electron chi connectivity index (χ2n) is 4.44. The third-order valence-electron chi connectivity index (χ3n) is 2.81. The molecule has 0 aliphatic heterocycles. The molecule has 1 aromatic heterocycles. The van der Waals surface area contributed by atoms with Crippen LogP contribution in [-0.4, -0.2) is 29.0 Å². The Labute approximate surface area is 126 Å². The van der Waals surface area contributed by atoms with Crippen LogP contribution in [0.4, 0.5) is 5.82 Å². The van der Waals surface area contributed by atoms with Crippen LogP contribution in [0.25, 0.3) is 0 Å². The average molecular weight is 307 g/mol. The number of nitrogens with zero attached hydrogens (tertiary/aromatic N) is 1. The van der Waals surface area contributed by atoms with Crippen molar-refractivity contribution in [3.8, 4) is 0 Å². The summed E-state index contributed by atoms with van der Waals surface area (Å²) in [6.45, 7) is 2.76. The molecule has 7 heteroatoms. The van der Waals surface area contributed by atoms with Crippen LogP contribution in [0.5, 0.6) is 0 Å². The summed E-state index contributed by atoms with van der Waals surface area (Å²) in [5.41, 5.74) is 1.30.